The lowest BCUT2D eigenvalue weighted by Crippen LogP contribution is -2.23. The van der Waals surface area contributed by atoms with Gasteiger partial charge in [-0.2, -0.15) is 5.26 Å². The van der Waals surface area contributed by atoms with Crippen molar-refractivity contribution in [1.82, 2.24) is 0 Å². The lowest BCUT2D eigenvalue weighted by molar-refractivity contribution is 0.135. The van der Waals surface area contributed by atoms with Crippen LogP contribution >= 0.6 is 0 Å². The molecule has 3 rings (SSSR count). The van der Waals surface area contributed by atoms with Gasteiger partial charge in [0.1, 0.15) is 17.4 Å². The van der Waals surface area contributed by atoms with E-state index in [0.29, 0.717) is 11.3 Å². The van der Waals surface area contributed by atoms with Gasteiger partial charge in [-0.1, -0.05) is 25.1 Å². The first kappa shape index (κ1) is 15.8. The Morgan fingerprint density at radius 1 is 1.17 bits per heavy atom. The van der Waals surface area contributed by atoms with E-state index in [-0.39, 0.29) is 6.10 Å². The maximum absolute atomic E-state index is 9.79. The van der Waals surface area contributed by atoms with Gasteiger partial charge in [0.15, 0.2) is 0 Å². The van der Waals surface area contributed by atoms with Crippen molar-refractivity contribution in [1.29, 1.82) is 5.26 Å². The zero-order valence-electron chi connectivity index (χ0n) is 13.7. The minimum Gasteiger partial charge on any atom is -0.489 e. The Bertz CT molecular complexity index is 737. The average molecular weight is 309 g/mol. The number of hydrogen-bond acceptors (Lipinski definition) is 3. The van der Waals surface area contributed by atoms with E-state index < -0.39 is 6.10 Å². The summed E-state index contributed by atoms with van der Waals surface area (Å²) in [6.45, 7) is 4.02. The highest BCUT2D eigenvalue weighted by molar-refractivity contribution is 5.90. The van der Waals surface area contributed by atoms with Crippen LogP contribution in [0.1, 0.15) is 56.8 Å². The third-order valence-corrected chi connectivity index (χ3v) is 4.86. The molecule has 1 aliphatic rings. The van der Waals surface area contributed by atoms with Gasteiger partial charge in [-0.05, 0) is 61.6 Å². The SMILES string of the molecule is CC1CCC(Oc2ccc3ccc(C(C)O)cc3c2C#N)CC1. The molecule has 0 bridgehead atoms. The first-order chi connectivity index (χ1) is 11.1. The highest BCUT2D eigenvalue weighted by Gasteiger charge is 2.21. The van der Waals surface area contributed by atoms with Crippen LogP contribution in [0.4, 0.5) is 0 Å². The number of fused-ring (bicyclic) bond motifs is 1. The van der Waals surface area contributed by atoms with Gasteiger partial charge in [-0.15, -0.1) is 0 Å². The van der Waals surface area contributed by atoms with Crippen molar-refractivity contribution in [3.63, 3.8) is 0 Å². The first-order valence-corrected chi connectivity index (χ1v) is 8.40. The van der Waals surface area contributed by atoms with Crippen LogP contribution in [-0.4, -0.2) is 11.2 Å². The van der Waals surface area contributed by atoms with Crippen molar-refractivity contribution >= 4 is 10.8 Å². The largest absolute Gasteiger partial charge is 0.489 e. The molecule has 120 valence electrons. The fourth-order valence-electron chi connectivity index (χ4n) is 3.32. The predicted molar refractivity (Wildman–Crippen MR) is 91.3 cm³/mol. The van der Waals surface area contributed by atoms with Gasteiger partial charge in [-0.25, -0.2) is 0 Å². The molecule has 0 amide bonds. The summed E-state index contributed by atoms with van der Waals surface area (Å²) in [5.41, 5.74) is 1.39. The molecular weight excluding hydrogens is 286 g/mol. The maximum Gasteiger partial charge on any atom is 0.138 e. The summed E-state index contributed by atoms with van der Waals surface area (Å²) in [5, 5.41) is 21.3. The molecule has 0 aliphatic heterocycles. The van der Waals surface area contributed by atoms with Crippen molar-refractivity contribution in [3.8, 4) is 11.8 Å². The molecule has 2 aromatic carbocycles. The molecule has 1 unspecified atom stereocenters. The molecule has 3 heteroatoms. The number of rotatable bonds is 3. The summed E-state index contributed by atoms with van der Waals surface area (Å²) in [5.74, 6) is 1.44. The standard InChI is InChI=1S/C20H23NO2/c1-13-3-8-17(9-4-13)23-20-10-7-15-5-6-16(14(2)22)11-18(15)19(20)12-21/h5-7,10-11,13-14,17,22H,3-4,8-9H2,1-2H3. The fraction of sp³-hybridized carbons (Fsp3) is 0.450. The van der Waals surface area contributed by atoms with Crippen LogP contribution in [-0.2, 0) is 0 Å². The number of nitrogens with zero attached hydrogens (tertiary/aromatic N) is 1. The summed E-state index contributed by atoms with van der Waals surface area (Å²) in [6.07, 6.45) is 4.14. The molecule has 23 heavy (non-hydrogen) atoms. The smallest absolute Gasteiger partial charge is 0.138 e. The fourth-order valence-corrected chi connectivity index (χ4v) is 3.32. The van der Waals surface area contributed by atoms with Crippen LogP contribution < -0.4 is 4.74 Å². The van der Waals surface area contributed by atoms with Gasteiger partial charge in [-0.3, -0.25) is 0 Å². The Kier molecular flexibility index (Phi) is 4.54. The molecule has 1 aliphatic carbocycles. The van der Waals surface area contributed by atoms with Gasteiger partial charge in [0.25, 0.3) is 0 Å². The lowest BCUT2D eigenvalue weighted by atomic mass is 9.89. The molecule has 0 saturated heterocycles. The van der Waals surface area contributed by atoms with Crippen molar-refractivity contribution in [2.75, 3.05) is 0 Å². The van der Waals surface area contributed by atoms with Crippen LogP contribution in [0.3, 0.4) is 0 Å². The summed E-state index contributed by atoms with van der Waals surface area (Å²) in [6, 6.07) is 11.9. The van der Waals surface area contributed by atoms with E-state index in [2.05, 4.69) is 13.0 Å². The summed E-state index contributed by atoms with van der Waals surface area (Å²) >= 11 is 0. The molecule has 1 saturated carbocycles. The van der Waals surface area contributed by atoms with E-state index in [9.17, 15) is 10.4 Å². The summed E-state index contributed by atoms with van der Waals surface area (Å²) in [7, 11) is 0. The first-order valence-electron chi connectivity index (χ1n) is 8.40. The van der Waals surface area contributed by atoms with Gasteiger partial charge >= 0.3 is 0 Å². The molecule has 2 aromatic rings. The maximum atomic E-state index is 9.79. The zero-order valence-corrected chi connectivity index (χ0v) is 13.7. The number of hydrogen-bond donors (Lipinski definition) is 1. The normalized spacial score (nSPS) is 22.5. The third-order valence-electron chi connectivity index (χ3n) is 4.86. The Morgan fingerprint density at radius 2 is 1.87 bits per heavy atom. The molecule has 3 nitrogen and oxygen atoms in total. The number of aliphatic hydroxyl groups excluding tert-OH is 1. The van der Waals surface area contributed by atoms with Crippen molar-refractivity contribution < 1.29 is 9.84 Å². The minimum absolute atomic E-state index is 0.204. The highest BCUT2D eigenvalue weighted by atomic mass is 16.5. The van der Waals surface area contributed by atoms with Gasteiger partial charge in [0.05, 0.1) is 12.2 Å². The van der Waals surface area contributed by atoms with E-state index in [1.54, 1.807) is 6.92 Å². The molecule has 1 fully saturated rings. The summed E-state index contributed by atoms with van der Waals surface area (Å²) in [4.78, 5) is 0. The van der Waals surface area contributed by atoms with Crippen LogP contribution in [0.5, 0.6) is 5.75 Å². The second-order valence-corrected chi connectivity index (χ2v) is 6.71. The second kappa shape index (κ2) is 6.60. The number of ether oxygens (including phenoxy) is 1. The van der Waals surface area contributed by atoms with Crippen molar-refractivity contribution in [2.45, 2.75) is 51.7 Å². The number of aliphatic hydroxyl groups is 1. The Labute approximate surface area is 137 Å². The van der Waals surface area contributed by atoms with Crippen LogP contribution in [0.25, 0.3) is 10.8 Å². The topological polar surface area (TPSA) is 53.2 Å². The summed E-state index contributed by atoms with van der Waals surface area (Å²) < 4.78 is 6.15. The van der Waals surface area contributed by atoms with Crippen molar-refractivity contribution in [3.05, 3.63) is 41.5 Å². The second-order valence-electron chi connectivity index (χ2n) is 6.71. The van der Waals surface area contributed by atoms with Crippen molar-refractivity contribution in [2.24, 2.45) is 5.92 Å². The third kappa shape index (κ3) is 3.33. The van der Waals surface area contributed by atoms with E-state index in [1.807, 2.05) is 30.3 Å². The quantitative estimate of drug-likeness (QED) is 0.892. The zero-order chi connectivity index (χ0) is 16.4. The predicted octanol–water partition coefficient (Wildman–Crippen LogP) is 4.72. The Morgan fingerprint density at radius 3 is 2.52 bits per heavy atom. The lowest BCUT2D eigenvalue weighted by Gasteiger charge is -2.27. The molecular formula is C20H23NO2. The highest BCUT2D eigenvalue weighted by Crippen LogP contribution is 2.33. The van der Waals surface area contributed by atoms with Gasteiger partial charge in [0, 0.05) is 5.39 Å². The van der Waals surface area contributed by atoms with Gasteiger partial charge < -0.3 is 9.84 Å². The average Bonchev–Trinajstić information content (AvgIpc) is 2.56. The molecule has 0 aromatic heterocycles. The van der Waals surface area contributed by atoms with E-state index >= 15 is 0 Å². The Hall–Kier alpha value is -2.05. The monoisotopic (exact) mass is 309 g/mol. The molecule has 0 heterocycles. The van der Waals surface area contributed by atoms with E-state index in [0.717, 1.165) is 35.1 Å². The Balaban J connectivity index is 1.95. The molecule has 0 radical (unpaired) electrons. The van der Waals surface area contributed by atoms with Crippen LogP contribution in [0.2, 0.25) is 0 Å². The van der Waals surface area contributed by atoms with Gasteiger partial charge in [0.2, 0.25) is 0 Å². The molecule has 0 spiro atoms. The number of benzene rings is 2. The van der Waals surface area contributed by atoms with Crippen LogP contribution in [0.15, 0.2) is 30.3 Å². The minimum atomic E-state index is -0.546. The molecule has 1 N–H and O–H groups in total. The number of nitriles is 1. The van der Waals surface area contributed by atoms with Crippen LogP contribution in [0, 0.1) is 17.2 Å². The molecule has 1 atom stereocenters. The van der Waals surface area contributed by atoms with E-state index in [1.165, 1.54) is 12.8 Å². The van der Waals surface area contributed by atoms with E-state index in [4.69, 9.17) is 4.74 Å².